The molecule has 1 aliphatic heterocycles. The zero-order valence-electron chi connectivity index (χ0n) is 70.9. The molecule has 0 saturated heterocycles. The van der Waals surface area contributed by atoms with Gasteiger partial charge in [0.1, 0.15) is 31.1 Å². The molecule has 3 aromatic carbocycles. The van der Waals surface area contributed by atoms with E-state index in [9.17, 15) is 43.2 Å². The van der Waals surface area contributed by atoms with Crippen LogP contribution in [-0.4, -0.2) is 238 Å². The second-order valence-electron chi connectivity index (χ2n) is 29.9. The van der Waals surface area contributed by atoms with Crippen molar-refractivity contribution in [2.45, 2.75) is 182 Å². The van der Waals surface area contributed by atoms with Gasteiger partial charge in [-0.3, -0.25) is 44.2 Å². The molecule has 662 valence electrons. The molecule has 4 atom stereocenters. The van der Waals surface area contributed by atoms with Gasteiger partial charge in [-0.2, -0.15) is 0 Å². The van der Waals surface area contributed by atoms with Crippen LogP contribution < -0.4 is 59.1 Å². The fourth-order valence-electron chi connectivity index (χ4n) is 13.1. The molecule has 1 aliphatic carbocycles. The van der Waals surface area contributed by atoms with Crippen molar-refractivity contribution < 1.29 is 95.3 Å². The number of urea groups is 1. The van der Waals surface area contributed by atoms with Gasteiger partial charge in [-0.25, -0.2) is 9.48 Å². The Hall–Kier alpha value is -9.07. The molecule has 1 unspecified atom stereocenters. The van der Waals surface area contributed by atoms with Crippen molar-refractivity contribution in [1.29, 1.82) is 0 Å². The van der Waals surface area contributed by atoms with E-state index in [0.717, 1.165) is 66.8 Å². The number of nitrogens with zero attached hydrogens (tertiary/aromatic N) is 4. The van der Waals surface area contributed by atoms with Gasteiger partial charge < -0.3 is 105 Å². The van der Waals surface area contributed by atoms with Crippen LogP contribution in [0.1, 0.15) is 162 Å². The zero-order chi connectivity index (χ0) is 85.8. The minimum absolute atomic E-state index is 0.00301. The predicted molar refractivity (Wildman–Crippen MR) is 447 cm³/mol. The average molecular weight is 1670 g/mol. The lowest BCUT2D eigenvalue weighted by molar-refractivity contribution is -0.148. The van der Waals surface area contributed by atoms with Crippen molar-refractivity contribution in [2.24, 2.45) is 29.3 Å². The molecule has 12 N–H and O–H groups in total. The van der Waals surface area contributed by atoms with Crippen LogP contribution in [0.25, 0.3) is 22.5 Å². The minimum atomic E-state index is -1.12. The highest BCUT2D eigenvalue weighted by atomic mass is 16.6. The van der Waals surface area contributed by atoms with Gasteiger partial charge >= 0.3 is 12.0 Å². The Morgan fingerprint density at radius 1 is 0.571 bits per heavy atom. The number of primary amides is 1. The summed E-state index contributed by atoms with van der Waals surface area (Å²) in [5.74, 6) is 1.24. The summed E-state index contributed by atoms with van der Waals surface area (Å²) in [6.45, 7) is 21.0. The molecule has 34 heteroatoms. The van der Waals surface area contributed by atoms with Crippen LogP contribution in [0.5, 0.6) is 0 Å². The highest BCUT2D eigenvalue weighted by Gasteiger charge is 2.34. The third kappa shape index (κ3) is 38.0. The van der Waals surface area contributed by atoms with Gasteiger partial charge in [-0.1, -0.05) is 107 Å². The Balaban J connectivity index is 0.920. The zero-order valence-corrected chi connectivity index (χ0v) is 70.9. The standard InChI is InChI=1S/C85H132N14O20/c1-8-38-109-42-46-113-50-54-117-55-53-115-48-44-111-40-36-88-69-23-10-9-11-26-73(80(69)95-87)118-59-76(103)89-34-17-16-24-70(83(106)94-78(60(2)3)72(100)56-64(20-18-35-91-85(86)108)82(105)92-66-29-27-63(28-30-66)58-119-84(107)61(4)5)93-75(102)33-39-110-43-47-114-51-52-116-49-45-112-41-37-90-74(101)31-32-77(104)98-57-65-19-12-13-21-67(65)81-79(96-97-99(81)62(6)7)68-22-14-15-25-71(68)98/h12-15,19,21-22,25,27-30,60-62,64,70,73,78,88,95H,8-11,16-18,20,23-24,26,31-59,87H2,1-7H3,(H,89,103)(H,90,101)(H,92,105)(H,93,102)(H,94,106)(H3,86,91,108)/b80-69-/t64-,70-,73?,78+/m1/s1. The predicted octanol–water partition coefficient (Wildman–Crippen LogP) is 6.77. The number of fused-ring (bicyclic) bond motifs is 5. The van der Waals surface area contributed by atoms with E-state index in [1.54, 1.807) is 56.9 Å². The van der Waals surface area contributed by atoms with E-state index in [2.05, 4.69) is 73.7 Å². The first-order valence-electron chi connectivity index (χ1n) is 42.1. The molecule has 8 amide bonds. The van der Waals surface area contributed by atoms with Crippen LogP contribution in [0.2, 0.25) is 0 Å². The molecule has 0 fully saturated rings. The molecular weight excluding hydrogens is 1540 g/mol. The molecule has 2 heterocycles. The lowest BCUT2D eigenvalue weighted by Gasteiger charge is -2.28. The first-order valence-corrected chi connectivity index (χ1v) is 42.1. The molecule has 6 rings (SSSR count). The number of amides is 8. The highest BCUT2D eigenvalue weighted by Crippen LogP contribution is 2.42. The molecule has 0 spiro atoms. The normalized spacial score (nSPS) is 14.7. The van der Waals surface area contributed by atoms with Gasteiger partial charge in [-0.15, -0.1) is 5.10 Å². The molecular formula is C85H132N14O20. The molecule has 1 aromatic heterocycles. The summed E-state index contributed by atoms with van der Waals surface area (Å²) in [6.07, 6.45) is 5.60. The van der Waals surface area contributed by atoms with Crippen molar-refractivity contribution in [1.82, 2.24) is 52.3 Å². The van der Waals surface area contributed by atoms with Gasteiger partial charge in [0.2, 0.25) is 35.4 Å². The third-order valence-electron chi connectivity index (χ3n) is 19.4. The Morgan fingerprint density at radius 2 is 1.17 bits per heavy atom. The van der Waals surface area contributed by atoms with Crippen LogP contribution in [0.4, 0.5) is 16.2 Å². The highest BCUT2D eigenvalue weighted by molar-refractivity contribution is 6.01. The Bertz CT molecular complexity index is 3710. The fraction of sp³-hybridized carbons (Fsp3) is 0.635. The Kier molecular flexibility index (Phi) is 48.1. The second-order valence-corrected chi connectivity index (χ2v) is 29.9. The number of carbonyl (C=O) groups is 9. The van der Waals surface area contributed by atoms with E-state index in [-0.39, 0.29) is 160 Å². The maximum absolute atomic E-state index is 14.4. The van der Waals surface area contributed by atoms with Crippen molar-refractivity contribution >= 4 is 64.6 Å². The summed E-state index contributed by atoms with van der Waals surface area (Å²) in [6, 6.07) is 19.4. The maximum atomic E-state index is 14.4. The number of nitrogens with one attached hydrogen (secondary N) is 8. The molecule has 4 aromatic rings. The number of hydrogen-bond acceptors (Lipinski definition) is 25. The SMILES string of the molecule is CCCOCCOCCOCCOCCOCCN/C1=C(\NN)C(OCC(=O)NCCCC[C@@H](NC(=O)CCOCCOCCOCCOCCNC(=O)CCC(=O)N2Cc3ccccc3-c3c(nnn3C(C)C)-c3ccccc32)C(=O)N[C@H](C(=O)C[C@@H](CCCNC(N)=O)C(=O)Nc2ccc(COC(=O)C(C)C)cc2)C(C)C)CCCCC1. The third-order valence-corrected chi connectivity index (χ3v) is 19.4. The maximum Gasteiger partial charge on any atom is 0.312 e. The van der Waals surface area contributed by atoms with Crippen LogP contribution in [-0.2, 0) is 104 Å². The summed E-state index contributed by atoms with van der Waals surface area (Å²) >= 11 is 0. The molecule has 2 aliphatic rings. The lowest BCUT2D eigenvalue weighted by Crippen LogP contribution is -2.53. The topological polar surface area (TPSA) is 437 Å². The minimum Gasteiger partial charge on any atom is -0.461 e. The number of ketones is 1. The molecule has 0 radical (unpaired) electrons. The summed E-state index contributed by atoms with van der Waals surface area (Å²) in [7, 11) is 0. The van der Waals surface area contributed by atoms with Gasteiger partial charge in [-0.05, 0) is 107 Å². The van der Waals surface area contributed by atoms with Gasteiger partial charge in [0.15, 0.2) is 5.78 Å². The van der Waals surface area contributed by atoms with Gasteiger partial charge in [0.05, 0.1) is 148 Å². The number of hydrogen-bond donors (Lipinski definition) is 10. The van der Waals surface area contributed by atoms with E-state index in [1.807, 2.05) is 53.2 Å². The number of anilines is 2. The van der Waals surface area contributed by atoms with Gasteiger partial charge in [0.25, 0.3) is 0 Å². The largest absolute Gasteiger partial charge is 0.461 e. The summed E-state index contributed by atoms with van der Waals surface area (Å²) in [5, 5.41) is 29.4. The summed E-state index contributed by atoms with van der Waals surface area (Å²) in [5.41, 5.74) is 15.8. The van der Waals surface area contributed by atoms with Crippen molar-refractivity contribution in [2.75, 3.05) is 162 Å². The van der Waals surface area contributed by atoms with Crippen molar-refractivity contribution in [3.8, 4) is 22.5 Å². The van der Waals surface area contributed by atoms with Crippen LogP contribution >= 0.6 is 0 Å². The number of allylic oxidation sites excluding steroid dienone is 1. The smallest absolute Gasteiger partial charge is 0.312 e. The Morgan fingerprint density at radius 3 is 1.79 bits per heavy atom. The number of para-hydroxylation sites is 1. The van der Waals surface area contributed by atoms with Crippen molar-refractivity contribution in [3.63, 3.8) is 0 Å². The van der Waals surface area contributed by atoms with E-state index >= 15 is 0 Å². The first-order chi connectivity index (χ1) is 57.7. The molecule has 0 saturated carbocycles. The number of carbonyl (C=O) groups excluding carboxylic acids is 9. The van der Waals surface area contributed by atoms with E-state index in [0.29, 0.717) is 127 Å². The number of unbranched alkanes of at least 4 members (excludes halogenated alkanes) is 1. The van der Waals surface area contributed by atoms with Crippen molar-refractivity contribution in [3.05, 3.63) is 95.3 Å². The van der Waals surface area contributed by atoms with E-state index < -0.39 is 59.6 Å². The van der Waals surface area contributed by atoms with Crippen LogP contribution in [0, 0.1) is 17.8 Å². The number of rotatable bonds is 62. The number of ether oxygens (including phenoxy) is 11. The second kappa shape index (κ2) is 58.0. The lowest BCUT2D eigenvalue weighted by atomic mass is 9.89. The summed E-state index contributed by atoms with van der Waals surface area (Å²) < 4.78 is 64.0. The first kappa shape index (κ1) is 98.8. The molecule has 0 bridgehead atoms. The van der Waals surface area contributed by atoms with E-state index in [1.165, 1.54) is 0 Å². The molecule has 34 nitrogen and oxygen atoms in total. The quantitative estimate of drug-likeness (QED) is 0.00942. The number of nitrogens with two attached hydrogens (primary N) is 2. The monoisotopic (exact) mass is 1670 g/mol. The van der Waals surface area contributed by atoms with E-state index in [4.69, 9.17) is 63.7 Å². The molecule has 119 heavy (non-hydrogen) atoms. The summed E-state index contributed by atoms with van der Waals surface area (Å²) in [4.78, 5) is 122. The van der Waals surface area contributed by atoms with Gasteiger partial charge in [0, 0.05) is 92.9 Å². The fourth-order valence-corrected chi connectivity index (χ4v) is 13.1. The number of esters is 1. The van der Waals surface area contributed by atoms with Crippen LogP contribution in [0.3, 0.4) is 0 Å². The number of aromatic nitrogens is 3. The Labute approximate surface area is 700 Å². The number of Topliss-reactive ketones (excluding diaryl/α,β-unsaturated/α-hetero) is 1. The number of hydrazine groups is 1. The average Bonchev–Trinajstić information content (AvgIpc) is 1.73. The number of benzene rings is 3. The van der Waals surface area contributed by atoms with Crippen LogP contribution in [0.15, 0.2) is 84.2 Å².